The lowest BCUT2D eigenvalue weighted by molar-refractivity contribution is -0.388. The van der Waals surface area contributed by atoms with Crippen LogP contribution in [-0.4, -0.2) is 25.6 Å². The summed E-state index contributed by atoms with van der Waals surface area (Å²) in [6.45, 7) is 2.01. The van der Waals surface area contributed by atoms with Gasteiger partial charge in [0.25, 0.3) is 0 Å². The lowest BCUT2D eigenvalue weighted by Crippen LogP contribution is -2.06. The molecule has 1 heterocycles. The van der Waals surface area contributed by atoms with Gasteiger partial charge in [-0.3, -0.25) is 4.57 Å². The quantitative estimate of drug-likeness (QED) is 0.643. The van der Waals surface area contributed by atoms with Crippen molar-refractivity contribution in [3.63, 3.8) is 0 Å². The van der Waals surface area contributed by atoms with E-state index in [0.29, 0.717) is 18.2 Å². The molecule has 0 unspecified atom stereocenters. The molecule has 0 spiro atoms. The average Bonchev–Trinajstić information content (AvgIpc) is 2.73. The molecule has 8 heteroatoms. The van der Waals surface area contributed by atoms with Gasteiger partial charge in [-0.25, -0.2) is 4.79 Å². The summed E-state index contributed by atoms with van der Waals surface area (Å²) in [6.07, 6.45) is 0. The van der Waals surface area contributed by atoms with Gasteiger partial charge in [0.2, 0.25) is 11.6 Å². The van der Waals surface area contributed by atoms with Gasteiger partial charge in [-0.15, -0.1) is 0 Å². The molecular weight excluding hydrogens is 276 g/mol. The molecule has 0 aliphatic carbocycles. The Morgan fingerprint density at radius 1 is 1.43 bits per heavy atom. The predicted octanol–water partition coefficient (Wildman–Crippen LogP) is 1.95. The van der Waals surface area contributed by atoms with Gasteiger partial charge in [0, 0.05) is 20.5 Å². The van der Waals surface area contributed by atoms with Crippen molar-refractivity contribution in [3.05, 3.63) is 51.3 Å². The number of aromatic nitrogens is 2. The van der Waals surface area contributed by atoms with E-state index in [0.717, 1.165) is 5.56 Å². The molecule has 0 aliphatic heterocycles. The summed E-state index contributed by atoms with van der Waals surface area (Å²) >= 11 is 0. The summed E-state index contributed by atoms with van der Waals surface area (Å²) < 4.78 is 1.60. The van der Waals surface area contributed by atoms with E-state index in [4.69, 9.17) is 5.11 Å². The number of benzene rings is 1. The van der Waals surface area contributed by atoms with Gasteiger partial charge < -0.3 is 20.5 Å². The van der Waals surface area contributed by atoms with Crippen LogP contribution in [0.1, 0.15) is 21.7 Å². The Kier molecular flexibility index (Phi) is 3.88. The lowest BCUT2D eigenvalue weighted by atomic mass is 10.1. The number of aryl methyl sites for hydroxylation is 1. The third-order valence-electron chi connectivity index (χ3n) is 3.13. The topological polar surface area (TPSA) is 110 Å². The first-order valence-corrected chi connectivity index (χ1v) is 6.14. The van der Waals surface area contributed by atoms with Gasteiger partial charge in [-0.2, -0.15) is 0 Å². The fraction of sp³-hybridized carbons (Fsp3) is 0.231. The Morgan fingerprint density at radius 2 is 2.05 bits per heavy atom. The number of carboxylic acid groups (broad SMARTS) is 1. The van der Waals surface area contributed by atoms with Crippen molar-refractivity contribution in [3.8, 4) is 0 Å². The first kappa shape index (κ1) is 14.5. The molecule has 110 valence electrons. The molecule has 0 amide bonds. The number of imidazole rings is 1. The molecule has 0 saturated heterocycles. The standard InChI is InChI=1S/C13H14N4O4/c1-8-15-12(17(20)21)11(16(8)2)14-7-9-3-5-10(6-4-9)13(18)19/h3-6,14H,7H2,1-2H3,(H,18,19). The molecule has 0 aliphatic rings. The van der Waals surface area contributed by atoms with E-state index in [1.165, 1.54) is 12.1 Å². The van der Waals surface area contributed by atoms with Crippen molar-refractivity contribution < 1.29 is 14.8 Å². The van der Waals surface area contributed by atoms with E-state index >= 15 is 0 Å². The maximum absolute atomic E-state index is 10.9. The molecule has 0 radical (unpaired) electrons. The number of nitro groups is 1. The molecule has 2 aromatic rings. The number of carboxylic acids is 1. The van der Waals surface area contributed by atoms with Gasteiger partial charge in [0.15, 0.2) is 0 Å². The first-order chi connectivity index (χ1) is 9.90. The van der Waals surface area contributed by atoms with Crippen LogP contribution in [0.4, 0.5) is 11.6 Å². The Hall–Kier alpha value is -2.90. The second kappa shape index (κ2) is 5.61. The lowest BCUT2D eigenvalue weighted by Gasteiger charge is -2.07. The average molecular weight is 290 g/mol. The maximum atomic E-state index is 10.9. The number of nitrogens with one attached hydrogen (secondary N) is 1. The highest BCUT2D eigenvalue weighted by atomic mass is 16.6. The fourth-order valence-corrected chi connectivity index (χ4v) is 1.87. The molecule has 1 aromatic heterocycles. The van der Waals surface area contributed by atoms with Crippen LogP contribution in [0.15, 0.2) is 24.3 Å². The maximum Gasteiger partial charge on any atom is 0.406 e. The van der Waals surface area contributed by atoms with Crippen LogP contribution in [0.2, 0.25) is 0 Å². The van der Waals surface area contributed by atoms with E-state index in [9.17, 15) is 14.9 Å². The van der Waals surface area contributed by atoms with Crippen LogP contribution in [0, 0.1) is 17.0 Å². The minimum absolute atomic E-state index is 0.195. The highest BCUT2D eigenvalue weighted by molar-refractivity contribution is 5.87. The Bertz CT molecular complexity index is 691. The van der Waals surface area contributed by atoms with E-state index in [1.54, 1.807) is 30.7 Å². The molecule has 0 saturated carbocycles. The highest BCUT2D eigenvalue weighted by Gasteiger charge is 2.23. The van der Waals surface area contributed by atoms with Crippen LogP contribution in [0.25, 0.3) is 0 Å². The molecule has 2 N–H and O–H groups in total. The van der Waals surface area contributed by atoms with Crippen molar-refractivity contribution in [2.75, 3.05) is 5.32 Å². The largest absolute Gasteiger partial charge is 0.478 e. The molecule has 1 aromatic carbocycles. The van der Waals surface area contributed by atoms with Crippen molar-refractivity contribution in [2.24, 2.45) is 7.05 Å². The third kappa shape index (κ3) is 2.99. The molecular formula is C13H14N4O4. The summed E-state index contributed by atoms with van der Waals surface area (Å²) in [5.74, 6) is -0.366. The zero-order valence-electron chi connectivity index (χ0n) is 11.5. The second-order valence-electron chi connectivity index (χ2n) is 4.50. The Morgan fingerprint density at radius 3 is 2.57 bits per heavy atom. The van der Waals surface area contributed by atoms with Gasteiger partial charge in [-0.1, -0.05) is 12.1 Å². The van der Waals surface area contributed by atoms with Gasteiger partial charge in [0.05, 0.1) is 5.56 Å². The predicted molar refractivity (Wildman–Crippen MR) is 75.3 cm³/mol. The van der Waals surface area contributed by atoms with Crippen LogP contribution in [-0.2, 0) is 13.6 Å². The Labute approximate surface area is 120 Å². The van der Waals surface area contributed by atoms with Crippen LogP contribution in [0.3, 0.4) is 0 Å². The summed E-state index contributed by atoms with van der Waals surface area (Å²) in [5, 5.41) is 22.7. The van der Waals surface area contributed by atoms with E-state index in [-0.39, 0.29) is 11.4 Å². The normalized spacial score (nSPS) is 10.4. The van der Waals surface area contributed by atoms with E-state index in [1.807, 2.05) is 0 Å². The van der Waals surface area contributed by atoms with Crippen molar-refractivity contribution in [1.82, 2.24) is 9.55 Å². The summed E-state index contributed by atoms with van der Waals surface area (Å²) in [7, 11) is 1.69. The highest BCUT2D eigenvalue weighted by Crippen LogP contribution is 2.24. The minimum Gasteiger partial charge on any atom is -0.478 e. The van der Waals surface area contributed by atoms with Crippen LogP contribution >= 0.6 is 0 Å². The number of carbonyl (C=O) groups is 1. The monoisotopic (exact) mass is 290 g/mol. The summed E-state index contributed by atoms with van der Waals surface area (Å²) in [6, 6.07) is 6.29. The van der Waals surface area contributed by atoms with Gasteiger partial charge in [-0.05, 0) is 27.6 Å². The minimum atomic E-state index is -0.993. The SMILES string of the molecule is Cc1nc([N+](=O)[O-])c(NCc2ccc(C(=O)O)cc2)n1C. The van der Waals surface area contributed by atoms with E-state index < -0.39 is 10.9 Å². The van der Waals surface area contributed by atoms with Gasteiger partial charge >= 0.3 is 11.8 Å². The molecule has 0 bridgehead atoms. The van der Waals surface area contributed by atoms with Crippen LogP contribution < -0.4 is 5.32 Å². The Balaban J connectivity index is 2.16. The van der Waals surface area contributed by atoms with Crippen molar-refractivity contribution in [2.45, 2.75) is 13.5 Å². The molecule has 8 nitrogen and oxygen atoms in total. The zero-order chi connectivity index (χ0) is 15.6. The molecule has 0 atom stereocenters. The fourth-order valence-electron chi connectivity index (χ4n) is 1.87. The first-order valence-electron chi connectivity index (χ1n) is 6.14. The van der Waals surface area contributed by atoms with Crippen molar-refractivity contribution in [1.29, 1.82) is 0 Å². The number of rotatable bonds is 5. The van der Waals surface area contributed by atoms with Crippen molar-refractivity contribution >= 4 is 17.6 Å². The number of anilines is 1. The smallest absolute Gasteiger partial charge is 0.406 e. The van der Waals surface area contributed by atoms with Crippen LogP contribution in [0.5, 0.6) is 0 Å². The molecule has 0 fully saturated rings. The number of hydrogen-bond donors (Lipinski definition) is 2. The third-order valence-corrected chi connectivity index (χ3v) is 3.13. The summed E-state index contributed by atoms with van der Waals surface area (Å²) in [5.41, 5.74) is 1.01. The molecule has 2 rings (SSSR count). The molecule has 21 heavy (non-hydrogen) atoms. The number of nitrogens with zero attached hydrogens (tertiary/aromatic N) is 3. The number of aromatic carboxylic acids is 1. The zero-order valence-corrected chi connectivity index (χ0v) is 11.5. The van der Waals surface area contributed by atoms with E-state index in [2.05, 4.69) is 10.3 Å². The summed E-state index contributed by atoms with van der Waals surface area (Å²) in [4.78, 5) is 25.0. The van der Waals surface area contributed by atoms with Gasteiger partial charge in [0.1, 0.15) is 0 Å². The number of hydrogen-bond acceptors (Lipinski definition) is 5. The second-order valence-corrected chi connectivity index (χ2v) is 4.50.